The van der Waals surface area contributed by atoms with Crippen molar-refractivity contribution in [3.63, 3.8) is 0 Å². The van der Waals surface area contributed by atoms with E-state index in [0.29, 0.717) is 12.4 Å². The SMILES string of the molecule is CN(Cc1ccccc1)Cc1nc(N)nc(N)c1-c1cccc2cocc12. The molecule has 0 aliphatic heterocycles. The highest BCUT2D eigenvalue weighted by atomic mass is 16.3. The van der Waals surface area contributed by atoms with Crippen molar-refractivity contribution >= 4 is 22.5 Å². The zero-order chi connectivity index (χ0) is 18.8. The first-order valence-corrected chi connectivity index (χ1v) is 8.71. The fraction of sp³-hybridized carbons (Fsp3) is 0.143. The van der Waals surface area contributed by atoms with Gasteiger partial charge in [0.1, 0.15) is 5.82 Å². The summed E-state index contributed by atoms with van der Waals surface area (Å²) in [6.45, 7) is 1.38. The van der Waals surface area contributed by atoms with E-state index in [1.807, 2.05) is 43.4 Å². The third-order valence-corrected chi connectivity index (χ3v) is 4.53. The van der Waals surface area contributed by atoms with Gasteiger partial charge in [-0.05, 0) is 18.2 Å². The number of nitrogens with two attached hydrogens (primary N) is 2. The molecule has 4 aromatic rings. The average molecular weight is 359 g/mol. The lowest BCUT2D eigenvalue weighted by Gasteiger charge is -2.19. The summed E-state index contributed by atoms with van der Waals surface area (Å²) in [5.74, 6) is 0.554. The molecule has 0 atom stereocenters. The third-order valence-electron chi connectivity index (χ3n) is 4.53. The van der Waals surface area contributed by atoms with Crippen molar-refractivity contribution < 1.29 is 4.42 Å². The van der Waals surface area contributed by atoms with Crippen LogP contribution in [0.4, 0.5) is 11.8 Å². The van der Waals surface area contributed by atoms with E-state index < -0.39 is 0 Å². The lowest BCUT2D eigenvalue weighted by Crippen LogP contribution is -2.20. The molecule has 0 aliphatic carbocycles. The monoisotopic (exact) mass is 359 g/mol. The summed E-state index contributed by atoms with van der Waals surface area (Å²) in [6.07, 6.45) is 3.44. The number of aromatic nitrogens is 2. The number of hydrogen-bond acceptors (Lipinski definition) is 6. The first-order chi connectivity index (χ1) is 13.1. The van der Waals surface area contributed by atoms with Crippen molar-refractivity contribution in [1.82, 2.24) is 14.9 Å². The summed E-state index contributed by atoms with van der Waals surface area (Å²) < 4.78 is 5.37. The van der Waals surface area contributed by atoms with Gasteiger partial charge in [-0.25, -0.2) is 4.98 Å². The minimum absolute atomic E-state index is 0.179. The Bertz CT molecular complexity index is 1070. The lowest BCUT2D eigenvalue weighted by atomic mass is 9.99. The molecular weight excluding hydrogens is 338 g/mol. The molecule has 0 aliphatic rings. The topological polar surface area (TPSA) is 94.2 Å². The van der Waals surface area contributed by atoms with Crippen LogP contribution in [0.3, 0.4) is 0 Å². The van der Waals surface area contributed by atoms with Gasteiger partial charge in [0, 0.05) is 29.4 Å². The summed E-state index contributed by atoms with van der Waals surface area (Å²) in [6, 6.07) is 16.3. The first kappa shape index (κ1) is 17.1. The van der Waals surface area contributed by atoms with Gasteiger partial charge in [-0.2, -0.15) is 4.98 Å². The molecular formula is C21H21N5O. The number of hydrogen-bond donors (Lipinski definition) is 2. The van der Waals surface area contributed by atoms with E-state index in [1.165, 1.54) is 5.56 Å². The molecule has 6 nitrogen and oxygen atoms in total. The minimum Gasteiger partial charge on any atom is -0.471 e. The van der Waals surface area contributed by atoms with Crippen LogP contribution in [-0.4, -0.2) is 21.9 Å². The van der Waals surface area contributed by atoms with E-state index in [0.717, 1.165) is 34.1 Å². The second kappa shape index (κ2) is 7.09. The second-order valence-corrected chi connectivity index (χ2v) is 6.63. The molecule has 0 unspecified atom stereocenters. The number of benzene rings is 2. The Kier molecular flexibility index (Phi) is 4.48. The van der Waals surface area contributed by atoms with Crippen molar-refractivity contribution in [2.24, 2.45) is 0 Å². The molecule has 0 amide bonds. The van der Waals surface area contributed by atoms with Crippen LogP contribution in [0.5, 0.6) is 0 Å². The van der Waals surface area contributed by atoms with Crippen LogP contribution < -0.4 is 11.5 Å². The zero-order valence-corrected chi connectivity index (χ0v) is 15.1. The Hall–Kier alpha value is -3.38. The predicted molar refractivity (Wildman–Crippen MR) is 108 cm³/mol. The summed E-state index contributed by atoms with van der Waals surface area (Å²) in [7, 11) is 2.05. The number of furan rings is 1. The number of anilines is 2. The van der Waals surface area contributed by atoms with E-state index >= 15 is 0 Å². The summed E-state index contributed by atoms with van der Waals surface area (Å²) in [4.78, 5) is 10.9. The standard InChI is InChI=1S/C21H21N5O/c1-26(10-14-6-3-2-4-7-14)11-18-19(20(22)25-21(23)24-18)16-9-5-8-15-12-27-13-17(15)16/h2-9,12-13H,10-11H2,1H3,(H4,22,23,24,25). The van der Waals surface area contributed by atoms with Crippen molar-refractivity contribution in [2.45, 2.75) is 13.1 Å². The molecule has 2 heterocycles. The van der Waals surface area contributed by atoms with E-state index in [1.54, 1.807) is 12.5 Å². The lowest BCUT2D eigenvalue weighted by molar-refractivity contribution is 0.315. The molecule has 27 heavy (non-hydrogen) atoms. The van der Waals surface area contributed by atoms with Crippen molar-refractivity contribution in [1.29, 1.82) is 0 Å². The van der Waals surface area contributed by atoms with Crippen LogP contribution in [-0.2, 0) is 13.1 Å². The first-order valence-electron chi connectivity index (χ1n) is 8.71. The van der Waals surface area contributed by atoms with E-state index in [4.69, 9.17) is 15.9 Å². The molecule has 2 aromatic heterocycles. The molecule has 2 aromatic carbocycles. The highest BCUT2D eigenvalue weighted by Crippen LogP contribution is 2.35. The van der Waals surface area contributed by atoms with Crippen LogP contribution in [0, 0.1) is 0 Å². The van der Waals surface area contributed by atoms with Crippen molar-refractivity contribution in [3.05, 3.63) is 72.3 Å². The van der Waals surface area contributed by atoms with Gasteiger partial charge in [-0.3, -0.25) is 4.90 Å². The Balaban J connectivity index is 1.74. The van der Waals surface area contributed by atoms with Crippen molar-refractivity contribution in [3.8, 4) is 11.1 Å². The summed E-state index contributed by atoms with van der Waals surface area (Å²) in [5, 5.41) is 1.98. The van der Waals surface area contributed by atoms with Gasteiger partial charge >= 0.3 is 0 Å². The van der Waals surface area contributed by atoms with E-state index in [2.05, 4.69) is 27.0 Å². The average Bonchev–Trinajstić information content (AvgIpc) is 3.11. The van der Waals surface area contributed by atoms with Crippen LogP contribution in [0.15, 0.2) is 65.5 Å². The molecule has 0 fully saturated rings. The molecule has 4 rings (SSSR count). The zero-order valence-electron chi connectivity index (χ0n) is 15.1. The van der Waals surface area contributed by atoms with Crippen LogP contribution >= 0.6 is 0 Å². The molecule has 136 valence electrons. The molecule has 6 heteroatoms. The highest BCUT2D eigenvalue weighted by Gasteiger charge is 2.18. The highest BCUT2D eigenvalue weighted by molar-refractivity contribution is 5.98. The fourth-order valence-electron chi connectivity index (χ4n) is 3.37. The molecule has 0 saturated carbocycles. The largest absolute Gasteiger partial charge is 0.471 e. The van der Waals surface area contributed by atoms with E-state index in [-0.39, 0.29) is 5.95 Å². The maximum atomic E-state index is 6.26. The molecule has 0 saturated heterocycles. The molecule has 0 spiro atoms. The van der Waals surface area contributed by atoms with Gasteiger partial charge in [0.15, 0.2) is 0 Å². The third kappa shape index (κ3) is 3.47. The Morgan fingerprint density at radius 3 is 2.56 bits per heavy atom. The summed E-state index contributed by atoms with van der Waals surface area (Å²) >= 11 is 0. The van der Waals surface area contributed by atoms with Crippen molar-refractivity contribution in [2.75, 3.05) is 18.5 Å². The molecule has 0 bridgehead atoms. The number of nitrogen functional groups attached to an aromatic ring is 2. The van der Waals surface area contributed by atoms with Gasteiger partial charge in [0.05, 0.1) is 18.2 Å². The number of rotatable bonds is 5. The van der Waals surface area contributed by atoms with Crippen LogP contribution in [0.25, 0.3) is 21.9 Å². The smallest absolute Gasteiger partial charge is 0.222 e. The van der Waals surface area contributed by atoms with E-state index in [9.17, 15) is 0 Å². The summed E-state index contributed by atoms with van der Waals surface area (Å²) in [5.41, 5.74) is 15.9. The van der Waals surface area contributed by atoms with Gasteiger partial charge < -0.3 is 15.9 Å². The fourth-order valence-corrected chi connectivity index (χ4v) is 3.37. The van der Waals surface area contributed by atoms with Crippen LogP contribution in [0.1, 0.15) is 11.3 Å². The number of nitrogens with zero attached hydrogens (tertiary/aromatic N) is 3. The van der Waals surface area contributed by atoms with Gasteiger partial charge in [0.2, 0.25) is 5.95 Å². The quantitative estimate of drug-likeness (QED) is 0.564. The predicted octanol–water partition coefficient (Wildman–Crippen LogP) is 3.69. The maximum Gasteiger partial charge on any atom is 0.222 e. The van der Waals surface area contributed by atoms with Crippen LogP contribution in [0.2, 0.25) is 0 Å². The minimum atomic E-state index is 0.179. The normalized spacial score (nSPS) is 11.3. The molecule has 4 N–H and O–H groups in total. The van der Waals surface area contributed by atoms with Gasteiger partial charge in [-0.1, -0.05) is 48.5 Å². The Labute approximate surface area is 157 Å². The van der Waals surface area contributed by atoms with Gasteiger partial charge in [0.25, 0.3) is 0 Å². The maximum absolute atomic E-state index is 6.26. The number of fused-ring (bicyclic) bond motifs is 1. The Morgan fingerprint density at radius 1 is 0.926 bits per heavy atom. The molecule has 0 radical (unpaired) electrons. The second-order valence-electron chi connectivity index (χ2n) is 6.63. The van der Waals surface area contributed by atoms with Gasteiger partial charge in [-0.15, -0.1) is 0 Å². The Morgan fingerprint density at radius 2 is 1.74 bits per heavy atom.